The number of fused-ring (bicyclic) bond motifs is 1. The molecular weight excluding hydrogens is 252 g/mol. The van der Waals surface area contributed by atoms with E-state index in [2.05, 4.69) is 16.4 Å². The van der Waals surface area contributed by atoms with Crippen LogP contribution in [0.3, 0.4) is 0 Å². The van der Waals surface area contributed by atoms with Gasteiger partial charge in [-0.1, -0.05) is 31.5 Å². The summed E-state index contributed by atoms with van der Waals surface area (Å²) in [4.78, 5) is 14.8. The highest BCUT2D eigenvalue weighted by Crippen LogP contribution is 2.23. The van der Waals surface area contributed by atoms with Gasteiger partial charge in [-0.15, -0.1) is 0 Å². The molecule has 3 N–H and O–H groups in total. The first kappa shape index (κ1) is 14.6. The molecule has 0 aliphatic rings. The van der Waals surface area contributed by atoms with Gasteiger partial charge in [-0.3, -0.25) is 10.1 Å². The van der Waals surface area contributed by atoms with Crippen LogP contribution >= 0.6 is 0 Å². The third kappa shape index (κ3) is 2.70. The molecule has 0 saturated carbocycles. The van der Waals surface area contributed by atoms with Gasteiger partial charge in [-0.2, -0.15) is 0 Å². The van der Waals surface area contributed by atoms with Crippen molar-refractivity contribution in [1.29, 1.82) is 0 Å². The molecule has 2 rings (SSSR count). The standard InChI is InChI=1S/C16H22N2O2/c1-4-9-16(3,15(19)20)17-10-13-11(2)18-14-8-6-5-7-12(13)14/h5-8,17-18H,4,9-10H2,1-3H3,(H,19,20). The van der Waals surface area contributed by atoms with E-state index >= 15 is 0 Å². The van der Waals surface area contributed by atoms with Crippen molar-refractivity contribution in [3.63, 3.8) is 0 Å². The molecule has 2 aromatic rings. The summed E-state index contributed by atoms with van der Waals surface area (Å²) in [6.07, 6.45) is 1.45. The van der Waals surface area contributed by atoms with Gasteiger partial charge in [0.05, 0.1) is 0 Å². The van der Waals surface area contributed by atoms with Crippen molar-refractivity contribution in [3.05, 3.63) is 35.5 Å². The first-order valence-corrected chi connectivity index (χ1v) is 7.02. The maximum absolute atomic E-state index is 11.4. The van der Waals surface area contributed by atoms with Gasteiger partial charge in [0, 0.05) is 23.1 Å². The van der Waals surface area contributed by atoms with E-state index in [4.69, 9.17) is 0 Å². The summed E-state index contributed by atoms with van der Waals surface area (Å²) in [5.41, 5.74) is 2.45. The van der Waals surface area contributed by atoms with Gasteiger partial charge in [-0.25, -0.2) is 0 Å². The molecule has 0 aliphatic carbocycles. The van der Waals surface area contributed by atoms with Crippen molar-refractivity contribution >= 4 is 16.9 Å². The number of nitrogens with one attached hydrogen (secondary N) is 2. The lowest BCUT2D eigenvalue weighted by molar-refractivity contribution is -0.144. The van der Waals surface area contributed by atoms with Gasteiger partial charge < -0.3 is 10.1 Å². The van der Waals surface area contributed by atoms with Crippen molar-refractivity contribution in [3.8, 4) is 0 Å². The topological polar surface area (TPSA) is 65.1 Å². The third-order valence-electron chi connectivity index (χ3n) is 3.90. The number of aliphatic carboxylic acids is 1. The van der Waals surface area contributed by atoms with Crippen molar-refractivity contribution in [2.24, 2.45) is 0 Å². The number of aryl methyl sites for hydroxylation is 1. The average molecular weight is 274 g/mol. The molecule has 1 unspecified atom stereocenters. The normalized spacial score (nSPS) is 14.3. The monoisotopic (exact) mass is 274 g/mol. The minimum atomic E-state index is -0.875. The number of H-pyrrole nitrogens is 1. The van der Waals surface area contributed by atoms with E-state index in [0.29, 0.717) is 13.0 Å². The largest absolute Gasteiger partial charge is 0.480 e. The smallest absolute Gasteiger partial charge is 0.323 e. The highest BCUT2D eigenvalue weighted by atomic mass is 16.4. The molecule has 0 saturated heterocycles. The van der Waals surface area contributed by atoms with Crippen LogP contribution in [-0.2, 0) is 11.3 Å². The van der Waals surface area contributed by atoms with Gasteiger partial charge in [-0.05, 0) is 31.9 Å². The Morgan fingerprint density at radius 3 is 2.75 bits per heavy atom. The Morgan fingerprint density at radius 2 is 2.10 bits per heavy atom. The fraction of sp³-hybridized carbons (Fsp3) is 0.438. The van der Waals surface area contributed by atoms with Crippen LogP contribution in [0.2, 0.25) is 0 Å². The van der Waals surface area contributed by atoms with Crippen LogP contribution in [0.15, 0.2) is 24.3 Å². The van der Waals surface area contributed by atoms with Crippen LogP contribution in [0.5, 0.6) is 0 Å². The highest BCUT2D eigenvalue weighted by molar-refractivity contribution is 5.84. The molecule has 4 heteroatoms. The predicted octanol–water partition coefficient (Wildman–Crippen LogP) is 3.21. The Labute approximate surface area is 119 Å². The number of hydrogen-bond acceptors (Lipinski definition) is 2. The third-order valence-corrected chi connectivity index (χ3v) is 3.90. The van der Waals surface area contributed by atoms with Crippen molar-refractivity contribution in [1.82, 2.24) is 10.3 Å². The second kappa shape index (κ2) is 5.67. The fourth-order valence-electron chi connectivity index (χ4n) is 2.62. The van der Waals surface area contributed by atoms with E-state index in [0.717, 1.165) is 28.6 Å². The van der Waals surface area contributed by atoms with Crippen LogP contribution in [0.25, 0.3) is 10.9 Å². The average Bonchev–Trinajstić information content (AvgIpc) is 2.72. The van der Waals surface area contributed by atoms with Crippen molar-refractivity contribution in [2.75, 3.05) is 0 Å². The van der Waals surface area contributed by atoms with E-state index in [9.17, 15) is 9.90 Å². The van der Waals surface area contributed by atoms with Crippen LogP contribution in [0.1, 0.15) is 37.9 Å². The Balaban J connectivity index is 2.24. The van der Waals surface area contributed by atoms with Gasteiger partial charge in [0.1, 0.15) is 5.54 Å². The molecule has 4 nitrogen and oxygen atoms in total. The van der Waals surface area contributed by atoms with Gasteiger partial charge >= 0.3 is 5.97 Å². The molecule has 0 radical (unpaired) electrons. The van der Waals surface area contributed by atoms with E-state index in [1.54, 1.807) is 6.92 Å². The Bertz CT molecular complexity index is 618. The quantitative estimate of drug-likeness (QED) is 0.758. The first-order valence-electron chi connectivity index (χ1n) is 7.02. The second-order valence-corrected chi connectivity index (χ2v) is 5.51. The van der Waals surface area contributed by atoms with E-state index < -0.39 is 11.5 Å². The number of aromatic nitrogens is 1. The molecule has 1 aromatic heterocycles. The summed E-state index contributed by atoms with van der Waals surface area (Å²) >= 11 is 0. The van der Waals surface area contributed by atoms with Gasteiger partial charge in [0.15, 0.2) is 0 Å². The summed E-state index contributed by atoms with van der Waals surface area (Å²) in [7, 11) is 0. The summed E-state index contributed by atoms with van der Waals surface area (Å²) < 4.78 is 0. The lowest BCUT2D eigenvalue weighted by Crippen LogP contribution is -2.49. The van der Waals surface area contributed by atoms with Gasteiger partial charge in [0.2, 0.25) is 0 Å². The van der Waals surface area contributed by atoms with Crippen LogP contribution < -0.4 is 5.32 Å². The Kier molecular flexibility index (Phi) is 4.14. The minimum absolute atomic E-state index is 0.554. The molecule has 20 heavy (non-hydrogen) atoms. The van der Waals surface area contributed by atoms with Crippen LogP contribution in [0, 0.1) is 6.92 Å². The summed E-state index contributed by atoms with van der Waals surface area (Å²) in [5, 5.41) is 13.8. The number of benzene rings is 1. The molecule has 0 fully saturated rings. The van der Waals surface area contributed by atoms with E-state index in [1.165, 1.54) is 0 Å². The fourth-order valence-corrected chi connectivity index (χ4v) is 2.62. The molecule has 1 heterocycles. The lowest BCUT2D eigenvalue weighted by atomic mass is 9.95. The van der Waals surface area contributed by atoms with Crippen molar-refractivity contribution < 1.29 is 9.90 Å². The molecule has 0 amide bonds. The van der Waals surface area contributed by atoms with Crippen LogP contribution in [-0.4, -0.2) is 21.6 Å². The molecule has 0 bridgehead atoms. The zero-order chi connectivity index (χ0) is 14.8. The molecular formula is C16H22N2O2. The highest BCUT2D eigenvalue weighted by Gasteiger charge is 2.31. The number of rotatable bonds is 6. The SMILES string of the molecule is CCCC(C)(NCc1c(C)[nH]c2ccccc12)C(=O)O. The zero-order valence-corrected chi connectivity index (χ0v) is 12.3. The number of carboxylic acids is 1. The number of carbonyl (C=O) groups is 1. The zero-order valence-electron chi connectivity index (χ0n) is 12.3. The molecule has 1 aromatic carbocycles. The number of para-hydroxylation sites is 1. The predicted molar refractivity (Wildman–Crippen MR) is 80.8 cm³/mol. The Morgan fingerprint density at radius 1 is 1.40 bits per heavy atom. The number of carboxylic acid groups (broad SMARTS) is 1. The summed E-state index contributed by atoms with van der Waals surface area (Å²) in [6, 6.07) is 8.09. The molecule has 0 aliphatic heterocycles. The van der Waals surface area contributed by atoms with Crippen molar-refractivity contribution in [2.45, 2.75) is 45.7 Å². The first-order chi connectivity index (χ1) is 9.48. The van der Waals surface area contributed by atoms with E-state index in [-0.39, 0.29) is 0 Å². The van der Waals surface area contributed by atoms with Crippen LogP contribution in [0.4, 0.5) is 0 Å². The minimum Gasteiger partial charge on any atom is -0.480 e. The molecule has 0 spiro atoms. The number of aromatic amines is 1. The maximum atomic E-state index is 11.4. The molecule has 108 valence electrons. The number of hydrogen-bond donors (Lipinski definition) is 3. The Hall–Kier alpha value is -1.81. The summed E-state index contributed by atoms with van der Waals surface area (Å²) in [5.74, 6) is -0.795. The lowest BCUT2D eigenvalue weighted by Gasteiger charge is -2.26. The second-order valence-electron chi connectivity index (χ2n) is 5.51. The van der Waals surface area contributed by atoms with Gasteiger partial charge in [0.25, 0.3) is 0 Å². The summed E-state index contributed by atoms with van der Waals surface area (Å²) in [6.45, 7) is 6.33. The van der Waals surface area contributed by atoms with E-state index in [1.807, 2.05) is 32.0 Å². The maximum Gasteiger partial charge on any atom is 0.323 e. The molecule has 1 atom stereocenters.